The minimum absolute atomic E-state index is 0.0374. The molecule has 6 nitrogen and oxygen atoms in total. The maximum Gasteiger partial charge on any atom is 0.259 e. The minimum atomic E-state index is -0.272. The second-order valence-corrected chi connectivity index (χ2v) is 7.90. The van der Waals surface area contributed by atoms with Gasteiger partial charge in [-0.05, 0) is 79.9 Å². The number of carbonyl (C=O) groups excluding carboxylic acids is 1. The lowest BCUT2D eigenvalue weighted by molar-refractivity contribution is 0.102. The van der Waals surface area contributed by atoms with Crippen molar-refractivity contribution in [2.24, 2.45) is 5.92 Å². The van der Waals surface area contributed by atoms with Crippen LogP contribution in [0, 0.1) is 5.92 Å². The number of carbonyl (C=O) groups is 1. The monoisotopic (exact) mass is 421 g/mol. The van der Waals surface area contributed by atoms with Gasteiger partial charge in [-0.3, -0.25) is 14.8 Å². The van der Waals surface area contributed by atoms with Crippen molar-refractivity contribution in [3.8, 4) is 0 Å². The molecule has 1 aliphatic heterocycles. The largest absolute Gasteiger partial charge is 0.398 e. The zero-order chi connectivity index (χ0) is 20.9. The Morgan fingerprint density at radius 2 is 1.77 bits per heavy atom. The second-order valence-electron chi connectivity index (χ2n) is 7.47. The van der Waals surface area contributed by atoms with Crippen LogP contribution in [0.2, 0.25) is 5.02 Å². The van der Waals surface area contributed by atoms with E-state index in [1.165, 1.54) is 0 Å². The third kappa shape index (κ3) is 4.45. The van der Waals surface area contributed by atoms with Gasteiger partial charge in [0.15, 0.2) is 0 Å². The first-order chi connectivity index (χ1) is 14.6. The van der Waals surface area contributed by atoms with Crippen molar-refractivity contribution < 1.29 is 4.79 Å². The zero-order valence-corrected chi connectivity index (χ0v) is 17.3. The van der Waals surface area contributed by atoms with Gasteiger partial charge in [-0.25, -0.2) is 0 Å². The maximum absolute atomic E-state index is 13.3. The predicted molar refractivity (Wildman–Crippen MR) is 120 cm³/mol. The number of piperidine rings is 1. The first kappa shape index (κ1) is 20.3. The van der Waals surface area contributed by atoms with Gasteiger partial charge in [0.25, 0.3) is 5.91 Å². The molecule has 1 atom stereocenters. The lowest BCUT2D eigenvalue weighted by Crippen LogP contribution is -2.32. The molecule has 1 fully saturated rings. The Bertz CT molecular complexity index is 1000. The second kappa shape index (κ2) is 9.24. The van der Waals surface area contributed by atoms with Crippen molar-refractivity contribution in [3.05, 3.63) is 82.9 Å². The van der Waals surface area contributed by atoms with Crippen molar-refractivity contribution in [2.75, 3.05) is 24.1 Å². The van der Waals surface area contributed by atoms with Crippen molar-refractivity contribution in [2.45, 2.75) is 18.8 Å². The van der Waals surface area contributed by atoms with Crippen LogP contribution in [0.3, 0.4) is 0 Å². The molecule has 1 unspecified atom stereocenters. The molecular weight excluding hydrogens is 398 g/mol. The van der Waals surface area contributed by atoms with Crippen molar-refractivity contribution >= 4 is 28.9 Å². The van der Waals surface area contributed by atoms with Gasteiger partial charge in [0.2, 0.25) is 0 Å². The van der Waals surface area contributed by atoms with Crippen LogP contribution in [0.5, 0.6) is 0 Å². The van der Waals surface area contributed by atoms with Gasteiger partial charge < -0.3 is 16.4 Å². The number of nitrogen functional groups attached to an aromatic ring is 1. The van der Waals surface area contributed by atoms with E-state index in [1.54, 1.807) is 48.9 Å². The van der Waals surface area contributed by atoms with Crippen LogP contribution in [0.1, 0.15) is 40.4 Å². The van der Waals surface area contributed by atoms with Crippen LogP contribution < -0.4 is 16.4 Å². The number of nitrogens with one attached hydrogen (secondary N) is 2. The SMILES string of the molecule is Nc1ccnc(C(c2ccncc2)C2CCNCC2)c1C(=O)Nc1ccc(Cl)cc1. The molecule has 0 bridgehead atoms. The van der Waals surface area contributed by atoms with E-state index >= 15 is 0 Å². The van der Waals surface area contributed by atoms with E-state index < -0.39 is 0 Å². The lowest BCUT2D eigenvalue weighted by Gasteiger charge is -2.32. The number of rotatable bonds is 5. The highest BCUT2D eigenvalue weighted by Gasteiger charge is 2.32. The molecular formula is C23H24ClN5O. The first-order valence-electron chi connectivity index (χ1n) is 10.1. The molecule has 30 heavy (non-hydrogen) atoms. The lowest BCUT2D eigenvalue weighted by atomic mass is 9.77. The Kier molecular flexibility index (Phi) is 6.26. The molecule has 0 aliphatic carbocycles. The number of nitrogens with two attached hydrogens (primary N) is 1. The van der Waals surface area contributed by atoms with Gasteiger partial charge in [0.1, 0.15) is 0 Å². The van der Waals surface area contributed by atoms with E-state index in [2.05, 4.69) is 20.6 Å². The molecule has 1 aliphatic rings. The Morgan fingerprint density at radius 3 is 2.47 bits per heavy atom. The molecule has 1 saturated heterocycles. The van der Waals surface area contributed by atoms with Gasteiger partial charge in [-0.1, -0.05) is 11.6 Å². The quantitative estimate of drug-likeness (QED) is 0.576. The van der Waals surface area contributed by atoms with Gasteiger partial charge in [-0.2, -0.15) is 0 Å². The number of nitrogens with zero attached hydrogens (tertiary/aromatic N) is 2. The molecule has 154 valence electrons. The van der Waals surface area contributed by atoms with E-state index in [9.17, 15) is 4.79 Å². The summed E-state index contributed by atoms with van der Waals surface area (Å²) in [7, 11) is 0. The maximum atomic E-state index is 13.3. The van der Waals surface area contributed by atoms with Crippen LogP contribution in [-0.4, -0.2) is 29.0 Å². The molecule has 2 aromatic heterocycles. The number of amides is 1. The summed E-state index contributed by atoms with van der Waals surface area (Å²) in [6.45, 7) is 1.89. The molecule has 0 saturated carbocycles. The Hall–Kier alpha value is -2.96. The third-order valence-corrected chi connectivity index (χ3v) is 5.81. The van der Waals surface area contributed by atoms with Crippen molar-refractivity contribution in [1.82, 2.24) is 15.3 Å². The van der Waals surface area contributed by atoms with Crippen LogP contribution in [0.4, 0.5) is 11.4 Å². The first-order valence-corrected chi connectivity index (χ1v) is 10.4. The van der Waals surface area contributed by atoms with Crippen LogP contribution in [0.15, 0.2) is 61.1 Å². The molecule has 4 N–H and O–H groups in total. The zero-order valence-electron chi connectivity index (χ0n) is 16.5. The van der Waals surface area contributed by atoms with E-state index in [0.29, 0.717) is 33.6 Å². The van der Waals surface area contributed by atoms with Crippen LogP contribution in [0.25, 0.3) is 0 Å². The topological polar surface area (TPSA) is 92.9 Å². The van der Waals surface area contributed by atoms with Crippen molar-refractivity contribution in [3.63, 3.8) is 0 Å². The molecule has 4 rings (SSSR count). The number of hydrogen-bond donors (Lipinski definition) is 3. The highest BCUT2D eigenvalue weighted by molar-refractivity contribution is 6.30. The molecule has 3 aromatic rings. The Balaban J connectivity index is 1.75. The highest BCUT2D eigenvalue weighted by atomic mass is 35.5. The van der Waals surface area contributed by atoms with E-state index in [4.69, 9.17) is 17.3 Å². The van der Waals surface area contributed by atoms with E-state index in [-0.39, 0.29) is 11.8 Å². The van der Waals surface area contributed by atoms with Gasteiger partial charge in [0.05, 0.1) is 11.3 Å². The summed E-state index contributed by atoms with van der Waals surface area (Å²) < 4.78 is 0. The van der Waals surface area contributed by atoms with Crippen molar-refractivity contribution in [1.29, 1.82) is 0 Å². The van der Waals surface area contributed by atoms with E-state index in [1.807, 2.05) is 12.1 Å². The minimum Gasteiger partial charge on any atom is -0.398 e. The molecule has 7 heteroatoms. The van der Waals surface area contributed by atoms with Crippen LogP contribution >= 0.6 is 11.6 Å². The third-order valence-electron chi connectivity index (χ3n) is 5.56. The number of halogens is 1. The number of aromatic nitrogens is 2. The number of pyridine rings is 2. The Labute approximate surface area is 180 Å². The normalized spacial score (nSPS) is 15.5. The smallest absolute Gasteiger partial charge is 0.259 e. The summed E-state index contributed by atoms with van der Waals surface area (Å²) >= 11 is 5.96. The van der Waals surface area contributed by atoms with Gasteiger partial charge >= 0.3 is 0 Å². The summed E-state index contributed by atoms with van der Waals surface area (Å²) in [4.78, 5) is 22.1. The average molecular weight is 422 g/mol. The summed E-state index contributed by atoms with van der Waals surface area (Å²) in [5.41, 5.74) is 9.59. The van der Waals surface area contributed by atoms with E-state index in [0.717, 1.165) is 31.5 Å². The molecule has 1 amide bonds. The summed E-state index contributed by atoms with van der Waals surface area (Å²) in [6.07, 6.45) is 7.24. The molecule has 1 aromatic carbocycles. The fourth-order valence-electron chi connectivity index (χ4n) is 4.11. The highest BCUT2D eigenvalue weighted by Crippen LogP contribution is 2.38. The molecule has 0 spiro atoms. The fourth-order valence-corrected chi connectivity index (χ4v) is 4.23. The van der Waals surface area contributed by atoms with Crippen LogP contribution in [-0.2, 0) is 0 Å². The van der Waals surface area contributed by atoms with Gasteiger partial charge in [-0.15, -0.1) is 0 Å². The van der Waals surface area contributed by atoms with Gasteiger partial charge in [0, 0.05) is 40.9 Å². The molecule has 3 heterocycles. The number of benzene rings is 1. The summed E-state index contributed by atoms with van der Waals surface area (Å²) in [5, 5.41) is 6.95. The molecule has 0 radical (unpaired) electrons. The summed E-state index contributed by atoms with van der Waals surface area (Å²) in [5.74, 6) is 0.0421. The Morgan fingerprint density at radius 1 is 1.07 bits per heavy atom. The predicted octanol–water partition coefficient (Wildman–Crippen LogP) is 4.10. The number of hydrogen-bond acceptors (Lipinski definition) is 5. The fraction of sp³-hybridized carbons (Fsp3) is 0.261. The standard InChI is InChI=1S/C23H24ClN5O/c24-17-1-3-18(4-2-17)29-23(30)21-19(25)9-14-28-22(21)20(15-5-10-26-11-6-15)16-7-12-27-13-8-16/h1-6,9-11,14,16,20,27H,7-8,12-13H2,(H2,25,28)(H,29,30). The summed E-state index contributed by atoms with van der Waals surface area (Å²) in [6, 6.07) is 12.7. The average Bonchev–Trinajstić information content (AvgIpc) is 2.77. The number of anilines is 2.